The molecular formula is C21H22N2O4. The number of anilines is 1. The minimum Gasteiger partial charge on any atom is -0.426 e. The number of rotatable bonds is 6. The molecule has 0 aliphatic carbocycles. The van der Waals surface area contributed by atoms with Gasteiger partial charge in [0, 0.05) is 32.1 Å². The number of nitrogens with zero attached hydrogens (tertiary/aromatic N) is 1. The fourth-order valence-electron chi connectivity index (χ4n) is 3.06. The Morgan fingerprint density at radius 2 is 1.81 bits per heavy atom. The van der Waals surface area contributed by atoms with Gasteiger partial charge in [-0.15, -0.1) is 0 Å². The fraction of sp³-hybridized carbons (Fsp3) is 0.286. The molecule has 1 fully saturated rings. The van der Waals surface area contributed by atoms with Crippen molar-refractivity contribution in [1.29, 1.82) is 0 Å². The summed E-state index contributed by atoms with van der Waals surface area (Å²) >= 11 is 0. The van der Waals surface area contributed by atoms with E-state index in [1.165, 1.54) is 6.92 Å². The van der Waals surface area contributed by atoms with Gasteiger partial charge in [0.1, 0.15) is 5.75 Å². The predicted molar refractivity (Wildman–Crippen MR) is 101 cm³/mol. The van der Waals surface area contributed by atoms with Crippen molar-refractivity contribution in [3.8, 4) is 5.75 Å². The maximum atomic E-state index is 12.4. The van der Waals surface area contributed by atoms with Gasteiger partial charge in [0.05, 0.1) is 5.92 Å². The molecule has 2 aromatic rings. The molecule has 1 saturated heterocycles. The molecule has 1 atom stereocenters. The average molecular weight is 366 g/mol. The van der Waals surface area contributed by atoms with Crippen LogP contribution in [-0.2, 0) is 20.8 Å². The van der Waals surface area contributed by atoms with Crippen LogP contribution in [0.3, 0.4) is 0 Å². The highest BCUT2D eigenvalue weighted by molar-refractivity contribution is 5.89. The van der Waals surface area contributed by atoms with Gasteiger partial charge in [0.2, 0.25) is 11.8 Å². The van der Waals surface area contributed by atoms with Gasteiger partial charge < -0.3 is 15.0 Å². The first-order chi connectivity index (χ1) is 13.0. The molecule has 27 heavy (non-hydrogen) atoms. The van der Waals surface area contributed by atoms with Crippen LogP contribution >= 0.6 is 0 Å². The Morgan fingerprint density at radius 3 is 2.48 bits per heavy atom. The molecule has 0 spiro atoms. The molecule has 1 N–H and O–H groups in total. The zero-order valence-corrected chi connectivity index (χ0v) is 15.2. The lowest BCUT2D eigenvalue weighted by atomic mass is 10.1. The number of ether oxygens (including phenoxy) is 1. The molecule has 1 aliphatic rings. The summed E-state index contributed by atoms with van der Waals surface area (Å²) in [5.74, 6) is -0.654. The van der Waals surface area contributed by atoms with Crippen molar-refractivity contribution in [1.82, 2.24) is 4.90 Å². The maximum Gasteiger partial charge on any atom is 0.316 e. The third kappa shape index (κ3) is 5.17. The van der Waals surface area contributed by atoms with Gasteiger partial charge in [-0.1, -0.05) is 30.3 Å². The summed E-state index contributed by atoms with van der Waals surface area (Å²) in [5.41, 5.74) is 1.79. The highest BCUT2D eigenvalue weighted by atomic mass is 16.5. The van der Waals surface area contributed by atoms with Crippen LogP contribution in [0.4, 0.5) is 5.69 Å². The number of esters is 1. The molecule has 1 heterocycles. The van der Waals surface area contributed by atoms with Crippen LogP contribution in [0.15, 0.2) is 54.6 Å². The zero-order chi connectivity index (χ0) is 19.2. The van der Waals surface area contributed by atoms with E-state index in [9.17, 15) is 14.4 Å². The molecule has 140 valence electrons. The highest BCUT2D eigenvalue weighted by Gasteiger charge is 2.35. The first-order valence-corrected chi connectivity index (χ1v) is 8.92. The van der Waals surface area contributed by atoms with E-state index in [1.807, 2.05) is 30.3 Å². The Hall–Kier alpha value is -3.15. The minimum atomic E-state index is -0.455. The van der Waals surface area contributed by atoms with E-state index < -0.39 is 11.9 Å². The van der Waals surface area contributed by atoms with Crippen molar-refractivity contribution in [3.05, 3.63) is 60.2 Å². The van der Waals surface area contributed by atoms with Crippen molar-refractivity contribution in [2.75, 3.05) is 18.4 Å². The molecule has 1 aliphatic heterocycles. The molecular weight excluding hydrogens is 344 g/mol. The molecule has 0 aromatic heterocycles. The van der Waals surface area contributed by atoms with Crippen LogP contribution in [0.5, 0.6) is 5.75 Å². The molecule has 0 bridgehead atoms. The Bertz CT molecular complexity index is 818. The molecule has 2 aromatic carbocycles. The van der Waals surface area contributed by atoms with Crippen molar-refractivity contribution in [3.63, 3.8) is 0 Å². The first-order valence-electron chi connectivity index (χ1n) is 8.92. The van der Waals surface area contributed by atoms with Gasteiger partial charge in [-0.05, 0) is 36.2 Å². The summed E-state index contributed by atoms with van der Waals surface area (Å²) in [5, 5.41) is 2.65. The Morgan fingerprint density at radius 1 is 1.11 bits per heavy atom. The van der Waals surface area contributed by atoms with E-state index >= 15 is 0 Å². The highest BCUT2D eigenvalue weighted by Crippen LogP contribution is 2.22. The van der Waals surface area contributed by atoms with Crippen molar-refractivity contribution in [2.24, 2.45) is 5.92 Å². The maximum absolute atomic E-state index is 12.4. The molecule has 2 amide bonds. The molecule has 3 rings (SSSR count). The van der Waals surface area contributed by atoms with Crippen molar-refractivity contribution >= 4 is 23.5 Å². The SMILES string of the molecule is CC(=O)Nc1ccc(OC(=O)C2CC(=O)N(CCc3ccccc3)C2)cc1. The summed E-state index contributed by atoms with van der Waals surface area (Å²) < 4.78 is 5.39. The number of carbonyl (C=O) groups is 3. The molecule has 6 heteroatoms. The van der Waals surface area contributed by atoms with Gasteiger partial charge >= 0.3 is 5.97 Å². The largest absolute Gasteiger partial charge is 0.426 e. The van der Waals surface area contributed by atoms with Crippen molar-refractivity contribution in [2.45, 2.75) is 19.8 Å². The number of hydrogen-bond donors (Lipinski definition) is 1. The summed E-state index contributed by atoms with van der Waals surface area (Å²) in [7, 11) is 0. The van der Waals surface area contributed by atoms with Crippen LogP contribution in [0.25, 0.3) is 0 Å². The predicted octanol–water partition coefficient (Wildman–Crippen LogP) is 2.64. The number of amides is 2. The van der Waals surface area contributed by atoms with Gasteiger partial charge in [-0.2, -0.15) is 0 Å². The Kier molecular flexibility index (Phi) is 5.86. The van der Waals surface area contributed by atoms with Crippen LogP contribution in [0.2, 0.25) is 0 Å². The smallest absolute Gasteiger partial charge is 0.316 e. The second kappa shape index (κ2) is 8.49. The third-order valence-corrected chi connectivity index (χ3v) is 4.45. The average Bonchev–Trinajstić information content (AvgIpc) is 3.03. The van der Waals surface area contributed by atoms with E-state index in [0.29, 0.717) is 24.5 Å². The first kappa shape index (κ1) is 18.6. The molecule has 1 unspecified atom stereocenters. The molecule has 0 radical (unpaired) electrons. The quantitative estimate of drug-likeness (QED) is 0.630. The molecule has 6 nitrogen and oxygen atoms in total. The fourth-order valence-corrected chi connectivity index (χ4v) is 3.06. The summed E-state index contributed by atoms with van der Waals surface area (Å²) in [6.45, 7) is 2.40. The van der Waals surface area contributed by atoms with Crippen LogP contribution in [0.1, 0.15) is 18.9 Å². The minimum absolute atomic E-state index is 0.0195. The van der Waals surface area contributed by atoms with Crippen LogP contribution in [-0.4, -0.2) is 35.8 Å². The Labute approximate surface area is 158 Å². The lowest BCUT2D eigenvalue weighted by molar-refractivity contribution is -0.139. The van der Waals surface area contributed by atoms with Gasteiger partial charge in [-0.25, -0.2) is 0 Å². The number of hydrogen-bond acceptors (Lipinski definition) is 4. The summed E-state index contributed by atoms with van der Waals surface area (Å²) in [6.07, 6.45) is 0.941. The number of nitrogens with one attached hydrogen (secondary N) is 1. The van der Waals surface area contributed by atoms with E-state index in [2.05, 4.69) is 5.32 Å². The standard InChI is InChI=1S/C21H22N2O4/c1-15(24)22-18-7-9-19(10-8-18)27-21(26)17-13-20(25)23(14-17)12-11-16-5-3-2-4-6-16/h2-10,17H,11-14H2,1H3,(H,22,24). The lowest BCUT2D eigenvalue weighted by Gasteiger charge is -2.16. The second-order valence-electron chi connectivity index (χ2n) is 6.60. The lowest BCUT2D eigenvalue weighted by Crippen LogP contribution is -2.29. The van der Waals surface area contributed by atoms with Gasteiger partial charge in [-0.3, -0.25) is 14.4 Å². The normalized spacial score (nSPS) is 16.3. The molecule has 0 saturated carbocycles. The monoisotopic (exact) mass is 366 g/mol. The number of benzene rings is 2. The van der Waals surface area contributed by atoms with E-state index in [0.717, 1.165) is 12.0 Å². The van der Waals surface area contributed by atoms with Gasteiger partial charge in [0.25, 0.3) is 0 Å². The van der Waals surface area contributed by atoms with E-state index in [4.69, 9.17) is 4.74 Å². The van der Waals surface area contributed by atoms with Crippen LogP contribution < -0.4 is 10.1 Å². The van der Waals surface area contributed by atoms with Crippen LogP contribution in [0, 0.1) is 5.92 Å². The van der Waals surface area contributed by atoms with E-state index in [1.54, 1.807) is 29.2 Å². The summed E-state index contributed by atoms with van der Waals surface area (Å²) in [4.78, 5) is 37.3. The van der Waals surface area contributed by atoms with Crippen molar-refractivity contribution < 1.29 is 19.1 Å². The summed E-state index contributed by atoms with van der Waals surface area (Å²) in [6, 6.07) is 16.5. The third-order valence-electron chi connectivity index (χ3n) is 4.45. The topological polar surface area (TPSA) is 75.7 Å². The number of carbonyl (C=O) groups excluding carboxylic acids is 3. The second-order valence-corrected chi connectivity index (χ2v) is 6.60. The number of likely N-dealkylation sites (tertiary alicyclic amines) is 1. The van der Waals surface area contributed by atoms with Gasteiger partial charge in [0.15, 0.2) is 0 Å². The van der Waals surface area contributed by atoms with E-state index in [-0.39, 0.29) is 18.2 Å². The Balaban J connectivity index is 1.51. The zero-order valence-electron chi connectivity index (χ0n) is 15.2.